The van der Waals surface area contributed by atoms with Gasteiger partial charge in [-0.05, 0) is 18.4 Å². The zero-order chi connectivity index (χ0) is 11.8. The molecular weight excluding hydrogens is 192 g/mol. The molecule has 2 atom stereocenters. The van der Waals surface area contributed by atoms with E-state index in [1.807, 2.05) is 20.9 Å². The molecule has 4 nitrogen and oxygen atoms in total. The van der Waals surface area contributed by atoms with E-state index in [-0.39, 0.29) is 11.8 Å². The van der Waals surface area contributed by atoms with Gasteiger partial charge in [-0.1, -0.05) is 13.8 Å². The van der Waals surface area contributed by atoms with Crippen molar-refractivity contribution in [3.8, 4) is 0 Å². The molecule has 0 saturated carbocycles. The van der Waals surface area contributed by atoms with Gasteiger partial charge in [0.25, 0.3) is 0 Å². The number of rotatable bonds is 7. The van der Waals surface area contributed by atoms with E-state index in [1.165, 1.54) is 0 Å². The maximum Gasteiger partial charge on any atom is 0.222 e. The third-order valence-corrected chi connectivity index (χ3v) is 2.39. The first-order valence-corrected chi connectivity index (χ1v) is 5.44. The van der Waals surface area contributed by atoms with Crippen LogP contribution in [0.15, 0.2) is 0 Å². The predicted molar refractivity (Wildman–Crippen MR) is 61.5 cm³/mol. The van der Waals surface area contributed by atoms with E-state index in [0.29, 0.717) is 25.5 Å². The van der Waals surface area contributed by atoms with Crippen molar-refractivity contribution in [2.24, 2.45) is 17.6 Å². The quantitative estimate of drug-likeness (QED) is 0.682. The summed E-state index contributed by atoms with van der Waals surface area (Å²) in [5.41, 5.74) is 5.51. The Bertz CT molecular complexity index is 185. The van der Waals surface area contributed by atoms with E-state index in [4.69, 9.17) is 10.5 Å². The number of carbonyl (C=O) groups is 1. The van der Waals surface area contributed by atoms with Gasteiger partial charge in [-0.25, -0.2) is 0 Å². The zero-order valence-corrected chi connectivity index (χ0v) is 10.3. The van der Waals surface area contributed by atoms with E-state index >= 15 is 0 Å². The molecule has 2 N–H and O–H groups in total. The van der Waals surface area contributed by atoms with E-state index in [1.54, 1.807) is 12.0 Å². The van der Waals surface area contributed by atoms with E-state index in [2.05, 4.69) is 0 Å². The second kappa shape index (κ2) is 7.65. The van der Waals surface area contributed by atoms with Gasteiger partial charge >= 0.3 is 0 Å². The summed E-state index contributed by atoms with van der Waals surface area (Å²) >= 11 is 0. The molecule has 0 saturated heterocycles. The van der Waals surface area contributed by atoms with Crippen LogP contribution in [-0.2, 0) is 9.53 Å². The summed E-state index contributed by atoms with van der Waals surface area (Å²) in [7, 11) is 3.48. The van der Waals surface area contributed by atoms with Crippen molar-refractivity contribution in [1.29, 1.82) is 0 Å². The summed E-state index contributed by atoms with van der Waals surface area (Å²) in [4.78, 5) is 13.5. The lowest BCUT2D eigenvalue weighted by molar-refractivity contribution is -0.131. The molecule has 0 aliphatic rings. The minimum atomic E-state index is 0.167. The number of methoxy groups -OCH3 is 1. The molecule has 0 aromatic rings. The molecule has 0 fully saturated rings. The first-order valence-electron chi connectivity index (χ1n) is 5.44. The fourth-order valence-corrected chi connectivity index (χ4v) is 1.44. The average Bonchev–Trinajstić information content (AvgIpc) is 2.17. The minimum Gasteiger partial charge on any atom is -0.384 e. The second-order valence-corrected chi connectivity index (χ2v) is 4.38. The van der Waals surface area contributed by atoms with Gasteiger partial charge in [0.2, 0.25) is 5.91 Å². The van der Waals surface area contributed by atoms with E-state index in [0.717, 1.165) is 6.54 Å². The molecule has 2 unspecified atom stereocenters. The fraction of sp³-hybridized carbons (Fsp3) is 0.909. The van der Waals surface area contributed by atoms with Crippen LogP contribution in [0.25, 0.3) is 0 Å². The molecule has 0 aromatic heterocycles. The maximum absolute atomic E-state index is 11.7. The highest BCUT2D eigenvalue weighted by Crippen LogP contribution is 2.06. The highest BCUT2D eigenvalue weighted by molar-refractivity contribution is 5.76. The Labute approximate surface area is 92.8 Å². The molecular formula is C11H24N2O2. The van der Waals surface area contributed by atoms with Crippen LogP contribution in [0.3, 0.4) is 0 Å². The smallest absolute Gasteiger partial charge is 0.222 e. The number of carbonyl (C=O) groups excluding carboxylic acids is 1. The Morgan fingerprint density at radius 3 is 2.47 bits per heavy atom. The van der Waals surface area contributed by atoms with Gasteiger partial charge in [0.05, 0.1) is 0 Å². The molecule has 0 aliphatic heterocycles. The van der Waals surface area contributed by atoms with Gasteiger partial charge in [-0.15, -0.1) is 0 Å². The lowest BCUT2D eigenvalue weighted by Gasteiger charge is -2.22. The van der Waals surface area contributed by atoms with Crippen LogP contribution in [0.4, 0.5) is 0 Å². The summed E-state index contributed by atoms with van der Waals surface area (Å²) in [6, 6.07) is 0. The number of nitrogens with two attached hydrogens (primary N) is 1. The maximum atomic E-state index is 11.7. The molecule has 15 heavy (non-hydrogen) atoms. The molecule has 4 heteroatoms. The highest BCUT2D eigenvalue weighted by Gasteiger charge is 2.14. The van der Waals surface area contributed by atoms with Crippen molar-refractivity contribution in [2.45, 2.75) is 20.3 Å². The Balaban J connectivity index is 3.88. The highest BCUT2D eigenvalue weighted by atomic mass is 16.5. The van der Waals surface area contributed by atoms with Crippen molar-refractivity contribution in [3.63, 3.8) is 0 Å². The molecule has 0 heterocycles. The average molecular weight is 216 g/mol. The summed E-state index contributed by atoms with van der Waals surface area (Å²) < 4.78 is 5.00. The Hall–Kier alpha value is -0.610. The Morgan fingerprint density at radius 1 is 1.40 bits per heavy atom. The van der Waals surface area contributed by atoms with Gasteiger partial charge in [-0.3, -0.25) is 4.79 Å². The SMILES string of the molecule is COCC(C)CC(=O)N(C)CC(C)CN. The van der Waals surface area contributed by atoms with Crippen molar-refractivity contribution in [3.05, 3.63) is 0 Å². The molecule has 1 amide bonds. The van der Waals surface area contributed by atoms with Gasteiger partial charge in [-0.2, -0.15) is 0 Å². The fourth-order valence-electron chi connectivity index (χ4n) is 1.44. The Morgan fingerprint density at radius 2 is 2.00 bits per heavy atom. The van der Waals surface area contributed by atoms with Gasteiger partial charge in [0.15, 0.2) is 0 Å². The first-order chi connectivity index (χ1) is 7.01. The van der Waals surface area contributed by atoms with Crippen LogP contribution in [0, 0.1) is 11.8 Å². The van der Waals surface area contributed by atoms with E-state index in [9.17, 15) is 4.79 Å². The monoisotopic (exact) mass is 216 g/mol. The topological polar surface area (TPSA) is 55.6 Å². The molecule has 0 bridgehead atoms. The number of nitrogens with zero attached hydrogens (tertiary/aromatic N) is 1. The van der Waals surface area contributed by atoms with Crippen LogP contribution in [0.1, 0.15) is 20.3 Å². The third kappa shape index (κ3) is 6.47. The van der Waals surface area contributed by atoms with Crippen LogP contribution < -0.4 is 5.73 Å². The van der Waals surface area contributed by atoms with Crippen LogP contribution in [0.5, 0.6) is 0 Å². The van der Waals surface area contributed by atoms with Gasteiger partial charge < -0.3 is 15.4 Å². The number of ether oxygens (including phenoxy) is 1. The molecule has 0 spiro atoms. The molecule has 0 radical (unpaired) electrons. The summed E-state index contributed by atoms with van der Waals surface area (Å²) in [5, 5.41) is 0. The van der Waals surface area contributed by atoms with Crippen molar-refractivity contribution in [1.82, 2.24) is 4.90 Å². The normalized spacial score (nSPS) is 14.7. The van der Waals surface area contributed by atoms with Crippen molar-refractivity contribution in [2.75, 3.05) is 33.9 Å². The summed E-state index contributed by atoms with van der Waals surface area (Å²) in [6.45, 7) is 6.04. The van der Waals surface area contributed by atoms with Gasteiger partial charge in [0, 0.05) is 33.7 Å². The molecule has 0 aliphatic carbocycles. The lowest BCUT2D eigenvalue weighted by Crippen LogP contribution is -2.34. The number of amides is 1. The van der Waals surface area contributed by atoms with Crippen molar-refractivity contribution < 1.29 is 9.53 Å². The van der Waals surface area contributed by atoms with Crippen LogP contribution in [0.2, 0.25) is 0 Å². The summed E-state index contributed by atoms with van der Waals surface area (Å²) in [6.07, 6.45) is 0.543. The largest absolute Gasteiger partial charge is 0.384 e. The lowest BCUT2D eigenvalue weighted by atomic mass is 10.1. The van der Waals surface area contributed by atoms with Crippen LogP contribution in [-0.4, -0.2) is 44.7 Å². The summed E-state index contributed by atoms with van der Waals surface area (Å²) in [5.74, 6) is 0.801. The van der Waals surface area contributed by atoms with Gasteiger partial charge in [0.1, 0.15) is 0 Å². The first kappa shape index (κ1) is 14.4. The number of hydrogen-bond donors (Lipinski definition) is 1. The van der Waals surface area contributed by atoms with Crippen LogP contribution >= 0.6 is 0 Å². The molecule has 0 aromatic carbocycles. The minimum absolute atomic E-state index is 0.167. The van der Waals surface area contributed by atoms with Crippen molar-refractivity contribution >= 4 is 5.91 Å². The standard InChI is InChI=1S/C11H24N2O2/c1-9(8-15-4)5-11(14)13(3)7-10(2)6-12/h9-10H,5-8,12H2,1-4H3. The number of hydrogen-bond acceptors (Lipinski definition) is 3. The third-order valence-electron chi connectivity index (χ3n) is 2.39. The zero-order valence-electron chi connectivity index (χ0n) is 10.3. The molecule has 90 valence electrons. The predicted octanol–water partition coefficient (Wildman–Crippen LogP) is 0.712. The second-order valence-electron chi connectivity index (χ2n) is 4.38. The Kier molecular flexibility index (Phi) is 7.34. The van der Waals surface area contributed by atoms with E-state index < -0.39 is 0 Å². The molecule has 0 rings (SSSR count).